The van der Waals surface area contributed by atoms with Crippen molar-refractivity contribution in [2.45, 2.75) is 0 Å². The Bertz CT molecular complexity index is 764. The summed E-state index contributed by atoms with van der Waals surface area (Å²) in [5.41, 5.74) is -0.170. The molecular weight excluding hydrogens is 412 g/mol. The van der Waals surface area contributed by atoms with Gasteiger partial charge in [-0.05, 0) is 12.1 Å². The van der Waals surface area contributed by atoms with Crippen LogP contribution in [-0.2, 0) is 14.2 Å². The third-order valence-corrected chi connectivity index (χ3v) is 3.84. The molecule has 31 heavy (non-hydrogen) atoms. The van der Waals surface area contributed by atoms with E-state index in [0.29, 0.717) is 26.4 Å². The summed E-state index contributed by atoms with van der Waals surface area (Å²) < 4.78 is 26.8. The average molecular weight is 436 g/mol. The fraction of sp³-hybridized carbons (Fsp3) is 0.400. The van der Waals surface area contributed by atoms with Gasteiger partial charge in [0.1, 0.15) is 13.2 Å². The maximum atomic E-state index is 10.9. The zero-order valence-corrected chi connectivity index (χ0v) is 16.8. The van der Waals surface area contributed by atoms with E-state index in [1.54, 1.807) is 24.3 Å². The van der Waals surface area contributed by atoms with Crippen molar-refractivity contribution >= 4 is 11.4 Å². The minimum atomic E-state index is -0.496. The van der Waals surface area contributed by atoms with E-state index >= 15 is 0 Å². The van der Waals surface area contributed by atoms with Gasteiger partial charge in [-0.1, -0.05) is 24.3 Å². The van der Waals surface area contributed by atoms with Gasteiger partial charge in [0.25, 0.3) is 0 Å². The topological polar surface area (TPSA) is 132 Å². The number of benzene rings is 2. The lowest BCUT2D eigenvalue weighted by molar-refractivity contribution is -0.386. The monoisotopic (exact) mass is 436 g/mol. The second-order valence-electron chi connectivity index (χ2n) is 5.98. The van der Waals surface area contributed by atoms with Gasteiger partial charge in [-0.15, -0.1) is 0 Å². The van der Waals surface area contributed by atoms with Crippen molar-refractivity contribution in [3.05, 3.63) is 68.8 Å². The molecule has 0 aromatic heterocycles. The predicted molar refractivity (Wildman–Crippen MR) is 110 cm³/mol. The van der Waals surface area contributed by atoms with E-state index in [1.165, 1.54) is 24.3 Å². The molecule has 2 aromatic rings. The minimum absolute atomic E-state index is 0.0850. The van der Waals surface area contributed by atoms with E-state index in [-0.39, 0.29) is 49.3 Å². The van der Waals surface area contributed by atoms with Crippen LogP contribution < -0.4 is 9.47 Å². The van der Waals surface area contributed by atoms with Gasteiger partial charge in [0.15, 0.2) is 11.5 Å². The Morgan fingerprint density at radius 1 is 0.548 bits per heavy atom. The number of nitrogens with zero attached hydrogens (tertiary/aromatic N) is 2. The van der Waals surface area contributed by atoms with Crippen LogP contribution in [0.15, 0.2) is 48.5 Å². The van der Waals surface area contributed by atoms with Crippen LogP contribution in [0.25, 0.3) is 0 Å². The molecule has 0 aliphatic heterocycles. The number of rotatable bonds is 16. The molecule has 0 heterocycles. The summed E-state index contributed by atoms with van der Waals surface area (Å²) in [4.78, 5) is 20.8. The van der Waals surface area contributed by atoms with Crippen LogP contribution in [0.4, 0.5) is 11.4 Å². The molecule has 0 amide bonds. The van der Waals surface area contributed by atoms with Gasteiger partial charge < -0.3 is 23.7 Å². The highest BCUT2D eigenvalue weighted by atomic mass is 16.6. The Kier molecular flexibility index (Phi) is 10.7. The fourth-order valence-electron chi connectivity index (χ4n) is 2.42. The van der Waals surface area contributed by atoms with E-state index in [9.17, 15) is 20.2 Å². The van der Waals surface area contributed by atoms with E-state index < -0.39 is 9.85 Å². The van der Waals surface area contributed by atoms with Gasteiger partial charge in [0.2, 0.25) is 0 Å². The molecule has 11 heteroatoms. The maximum Gasteiger partial charge on any atom is 0.310 e. The van der Waals surface area contributed by atoms with Gasteiger partial charge in [0.05, 0.1) is 49.5 Å². The second kappa shape index (κ2) is 13.9. The summed E-state index contributed by atoms with van der Waals surface area (Å²) >= 11 is 0. The summed E-state index contributed by atoms with van der Waals surface area (Å²) in [5, 5.41) is 21.8. The summed E-state index contributed by atoms with van der Waals surface area (Å²) in [7, 11) is 0. The first-order chi connectivity index (χ1) is 15.1. The lowest BCUT2D eigenvalue weighted by atomic mass is 10.3. The molecule has 2 aromatic carbocycles. The van der Waals surface area contributed by atoms with Crippen molar-refractivity contribution in [1.29, 1.82) is 0 Å². The highest BCUT2D eigenvalue weighted by molar-refractivity contribution is 5.46. The van der Waals surface area contributed by atoms with Crippen LogP contribution in [-0.4, -0.2) is 62.7 Å². The van der Waals surface area contributed by atoms with Crippen molar-refractivity contribution < 1.29 is 33.5 Å². The summed E-state index contributed by atoms with van der Waals surface area (Å²) in [6.07, 6.45) is 0. The molecule has 0 radical (unpaired) electrons. The van der Waals surface area contributed by atoms with E-state index in [4.69, 9.17) is 23.7 Å². The zero-order valence-electron chi connectivity index (χ0n) is 16.8. The van der Waals surface area contributed by atoms with E-state index in [2.05, 4.69) is 0 Å². The Morgan fingerprint density at radius 2 is 0.871 bits per heavy atom. The largest absolute Gasteiger partial charge is 0.484 e. The number of para-hydroxylation sites is 4. The molecule has 0 atom stereocenters. The van der Waals surface area contributed by atoms with Crippen molar-refractivity contribution in [3.8, 4) is 11.5 Å². The number of hydrogen-bond acceptors (Lipinski definition) is 9. The Balaban J connectivity index is 1.43. The van der Waals surface area contributed by atoms with Crippen molar-refractivity contribution in [1.82, 2.24) is 0 Å². The molecule has 0 saturated carbocycles. The third-order valence-electron chi connectivity index (χ3n) is 3.84. The maximum absolute atomic E-state index is 10.9. The van der Waals surface area contributed by atoms with Crippen LogP contribution in [0.2, 0.25) is 0 Å². The zero-order chi connectivity index (χ0) is 22.3. The third kappa shape index (κ3) is 8.95. The molecular formula is C20H24N2O9. The number of nitro groups is 2. The molecule has 0 unspecified atom stereocenters. The minimum Gasteiger partial charge on any atom is -0.484 e. The van der Waals surface area contributed by atoms with Crippen molar-refractivity contribution in [2.24, 2.45) is 0 Å². The highest BCUT2D eigenvalue weighted by Crippen LogP contribution is 2.26. The number of hydrogen-bond donors (Lipinski definition) is 0. The van der Waals surface area contributed by atoms with Crippen molar-refractivity contribution in [3.63, 3.8) is 0 Å². The van der Waals surface area contributed by atoms with E-state index in [0.717, 1.165) is 0 Å². The SMILES string of the molecule is O=[N+]([O-])c1ccccc1OCCOCCOCCOCCOc1ccccc1[N+](=O)[O-]. The molecule has 0 fully saturated rings. The smallest absolute Gasteiger partial charge is 0.310 e. The van der Waals surface area contributed by atoms with Crippen LogP contribution in [0.3, 0.4) is 0 Å². The first kappa shape index (κ1) is 24.0. The summed E-state index contributed by atoms with van der Waals surface area (Å²) in [5.74, 6) is 0.408. The number of ether oxygens (including phenoxy) is 5. The van der Waals surface area contributed by atoms with Gasteiger partial charge >= 0.3 is 11.4 Å². The summed E-state index contributed by atoms with van der Waals surface area (Å²) in [6.45, 7) is 2.34. The van der Waals surface area contributed by atoms with Crippen LogP contribution in [0.5, 0.6) is 11.5 Å². The molecule has 2 rings (SSSR count). The van der Waals surface area contributed by atoms with Gasteiger partial charge in [-0.2, -0.15) is 0 Å². The molecule has 11 nitrogen and oxygen atoms in total. The lowest BCUT2D eigenvalue weighted by Gasteiger charge is -2.09. The molecule has 0 aliphatic carbocycles. The highest BCUT2D eigenvalue weighted by Gasteiger charge is 2.14. The van der Waals surface area contributed by atoms with Gasteiger partial charge in [-0.3, -0.25) is 20.2 Å². The van der Waals surface area contributed by atoms with Crippen LogP contribution in [0, 0.1) is 20.2 Å². The molecule has 0 N–H and O–H groups in total. The number of nitro benzene ring substituents is 2. The molecule has 0 spiro atoms. The van der Waals surface area contributed by atoms with Crippen LogP contribution >= 0.6 is 0 Å². The van der Waals surface area contributed by atoms with Crippen LogP contribution in [0.1, 0.15) is 0 Å². The van der Waals surface area contributed by atoms with Crippen molar-refractivity contribution in [2.75, 3.05) is 52.9 Å². The van der Waals surface area contributed by atoms with E-state index in [1.807, 2.05) is 0 Å². The van der Waals surface area contributed by atoms with Gasteiger partial charge in [0, 0.05) is 12.1 Å². The predicted octanol–water partition coefficient (Wildman–Crippen LogP) is 3.01. The molecule has 0 bridgehead atoms. The Morgan fingerprint density at radius 3 is 1.23 bits per heavy atom. The molecule has 168 valence electrons. The Labute approximate surface area is 178 Å². The lowest BCUT2D eigenvalue weighted by Crippen LogP contribution is -2.14. The standard InChI is InChI=1S/C20H24N2O9/c23-21(24)17-5-1-3-7-19(17)30-15-13-28-11-9-27-10-12-29-14-16-31-20-8-4-2-6-18(20)22(25)26/h1-8H,9-16H2. The molecule has 0 saturated heterocycles. The normalized spacial score (nSPS) is 10.6. The average Bonchev–Trinajstić information content (AvgIpc) is 2.77. The Hall–Kier alpha value is -3.28. The second-order valence-corrected chi connectivity index (χ2v) is 5.98. The first-order valence-corrected chi connectivity index (χ1v) is 9.55. The fourth-order valence-corrected chi connectivity index (χ4v) is 2.42. The molecule has 0 aliphatic rings. The van der Waals surface area contributed by atoms with Gasteiger partial charge in [-0.25, -0.2) is 0 Å². The first-order valence-electron chi connectivity index (χ1n) is 9.55. The quantitative estimate of drug-likeness (QED) is 0.221. The summed E-state index contributed by atoms with van der Waals surface area (Å²) in [6, 6.07) is 12.3.